The summed E-state index contributed by atoms with van der Waals surface area (Å²) in [4.78, 5) is 24.6. The number of aliphatic hydroxyl groups is 2. The van der Waals surface area contributed by atoms with Gasteiger partial charge in [-0.05, 0) is 31.1 Å². The number of phenolic OH excluding ortho intramolecular Hbond substituents is 1. The minimum absolute atomic E-state index is 0.00820. The van der Waals surface area contributed by atoms with E-state index >= 15 is 0 Å². The van der Waals surface area contributed by atoms with Crippen LogP contribution in [0.5, 0.6) is 5.75 Å². The van der Waals surface area contributed by atoms with Crippen molar-refractivity contribution in [3.05, 3.63) is 41.5 Å². The average Bonchev–Trinajstić information content (AvgIpc) is 2.63. The van der Waals surface area contributed by atoms with Crippen molar-refractivity contribution in [2.75, 3.05) is 12.4 Å². The van der Waals surface area contributed by atoms with Crippen LogP contribution in [-0.2, 0) is 9.53 Å². The largest absolute Gasteiger partial charge is 0.507 e. The van der Waals surface area contributed by atoms with Gasteiger partial charge in [0.05, 0.1) is 6.10 Å². The highest BCUT2D eigenvalue weighted by molar-refractivity contribution is 5.97. The standard InChI is InChI=1S/C20H25NO6/c1-11-7-8-16(23)19(25)15(22)6-4-5-13-9-14(21-3)10-17(24)18(13)20(26)27-12(11)2/h4-5,7-12,15,19,21-22,24-25H,6H2,1-3H3/b5-4+,8-7+/t11-,12+,15+,19?/m1/s1. The van der Waals surface area contributed by atoms with Gasteiger partial charge in [0.15, 0.2) is 5.78 Å². The lowest BCUT2D eigenvalue weighted by atomic mass is 9.99. The second kappa shape index (κ2) is 8.83. The number of phenols is 1. The SMILES string of the molecule is CNc1cc(O)c2c(c1)/C=C/C[C@H](O)C(O)C(=O)/C=C/[C@@H](C)[C@H](C)OC2=O. The van der Waals surface area contributed by atoms with Crippen molar-refractivity contribution in [1.29, 1.82) is 0 Å². The molecular formula is C20H25NO6. The van der Waals surface area contributed by atoms with Gasteiger partial charge in [-0.25, -0.2) is 4.79 Å². The number of benzene rings is 1. The predicted octanol–water partition coefficient (Wildman–Crippen LogP) is 1.88. The third-order valence-corrected chi connectivity index (χ3v) is 4.57. The van der Waals surface area contributed by atoms with Crippen molar-refractivity contribution in [2.24, 2.45) is 5.92 Å². The van der Waals surface area contributed by atoms with Gasteiger partial charge in [-0.3, -0.25) is 4.79 Å². The first kappa shape index (κ1) is 20.7. The molecule has 0 saturated heterocycles. The molecule has 0 aliphatic carbocycles. The fraction of sp³-hybridized carbons (Fsp3) is 0.400. The maximum Gasteiger partial charge on any atom is 0.342 e. The molecule has 0 saturated carbocycles. The van der Waals surface area contributed by atoms with Crippen molar-refractivity contribution in [2.45, 2.75) is 38.6 Å². The lowest BCUT2D eigenvalue weighted by Crippen LogP contribution is -2.32. The summed E-state index contributed by atoms with van der Waals surface area (Å²) in [6.07, 6.45) is 2.34. The summed E-state index contributed by atoms with van der Waals surface area (Å²) < 4.78 is 5.44. The van der Waals surface area contributed by atoms with E-state index in [-0.39, 0.29) is 23.7 Å². The normalized spacial score (nSPS) is 29.2. The zero-order valence-corrected chi connectivity index (χ0v) is 15.5. The van der Waals surface area contributed by atoms with Gasteiger partial charge in [-0.1, -0.05) is 25.2 Å². The molecule has 0 fully saturated rings. The molecule has 4 N–H and O–H groups in total. The number of esters is 1. The Bertz CT molecular complexity index is 770. The molecule has 1 unspecified atom stereocenters. The molecule has 0 radical (unpaired) electrons. The Morgan fingerprint density at radius 1 is 1.15 bits per heavy atom. The van der Waals surface area contributed by atoms with Crippen molar-refractivity contribution >= 4 is 23.5 Å². The summed E-state index contributed by atoms with van der Waals surface area (Å²) in [5, 5.41) is 33.2. The number of ketones is 1. The molecule has 0 amide bonds. The van der Waals surface area contributed by atoms with E-state index in [0.29, 0.717) is 11.3 Å². The number of hydrogen-bond acceptors (Lipinski definition) is 7. The van der Waals surface area contributed by atoms with E-state index in [1.54, 1.807) is 27.0 Å². The van der Waals surface area contributed by atoms with Crippen molar-refractivity contribution in [3.63, 3.8) is 0 Å². The summed E-state index contributed by atoms with van der Waals surface area (Å²) in [7, 11) is 1.67. The lowest BCUT2D eigenvalue weighted by Gasteiger charge is -2.20. The van der Waals surface area contributed by atoms with Crippen LogP contribution in [0.4, 0.5) is 5.69 Å². The molecule has 0 bridgehead atoms. The second-order valence-electron chi connectivity index (χ2n) is 6.59. The van der Waals surface area contributed by atoms with Crippen LogP contribution in [0.1, 0.15) is 36.2 Å². The molecule has 1 aromatic rings. The number of aliphatic hydroxyl groups excluding tert-OH is 2. The molecule has 0 spiro atoms. The van der Waals surface area contributed by atoms with Crippen LogP contribution < -0.4 is 5.32 Å². The first-order chi connectivity index (χ1) is 12.7. The lowest BCUT2D eigenvalue weighted by molar-refractivity contribution is -0.127. The van der Waals surface area contributed by atoms with Crippen LogP contribution in [0.2, 0.25) is 0 Å². The molecule has 146 valence electrons. The number of carbonyl (C=O) groups is 2. The van der Waals surface area contributed by atoms with Crippen molar-refractivity contribution in [3.8, 4) is 5.75 Å². The monoisotopic (exact) mass is 375 g/mol. The zero-order valence-electron chi connectivity index (χ0n) is 15.5. The smallest absolute Gasteiger partial charge is 0.342 e. The summed E-state index contributed by atoms with van der Waals surface area (Å²) in [5.74, 6) is -1.85. The molecule has 1 aliphatic rings. The number of hydrogen-bond donors (Lipinski definition) is 4. The minimum atomic E-state index is -1.55. The maximum absolute atomic E-state index is 12.6. The van der Waals surface area contributed by atoms with Crippen LogP contribution in [0.15, 0.2) is 30.4 Å². The number of aromatic hydroxyl groups is 1. The molecule has 2 rings (SSSR count). The van der Waals surface area contributed by atoms with Crippen LogP contribution >= 0.6 is 0 Å². The fourth-order valence-corrected chi connectivity index (χ4v) is 2.64. The molecular weight excluding hydrogens is 350 g/mol. The summed E-state index contributed by atoms with van der Waals surface area (Å²) >= 11 is 0. The second-order valence-corrected chi connectivity index (χ2v) is 6.59. The van der Waals surface area contributed by atoms with Crippen LogP contribution in [0, 0.1) is 5.92 Å². The number of nitrogens with one attached hydrogen (secondary N) is 1. The first-order valence-electron chi connectivity index (χ1n) is 8.75. The van der Waals surface area contributed by atoms with Gasteiger partial charge in [0.1, 0.15) is 23.5 Å². The van der Waals surface area contributed by atoms with Crippen LogP contribution in [-0.4, -0.2) is 52.4 Å². The van der Waals surface area contributed by atoms with Gasteiger partial charge in [-0.15, -0.1) is 0 Å². The number of cyclic esters (lactones) is 1. The minimum Gasteiger partial charge on any atom is -0.507 e. The van der Waals surface area contributed by atoms with E-state index in [9.17, 15) is 24.9 Å². The highest BCUT2D eigenvalue weighted by atomic mass is 16.5. The van der Waals surface area contributed by atoms with Gasteiger partial charge >= 0.3 is 5.97 Å². The van der Waals surface area contributed by atoms with Crippen LogP contribution in [0.3, 0.4) is 0 Å². The molecule has 0 aromatic heterocycles. The Balaban J connectivity index is 2.50. The van der Waals surface area contributed by atoms with E-state index < -0.39 is 30.1 Å². The molecule has 1 heterocycles. The van der Waals surface area contributed by atoms with Gasteiger partial charge < -0.3 is 25.4 Å². The van der Waals surface area contributed by atoms with Crippen LogP contribution in [0.25, 0.3) is 6.08 Å². The zero-order chi connectivity index (χ0) is 20.1. The van der Waals surface area contributed by atoms with E-state index in [1.807, 2.05) is 0 Å². The number of carbonyl (C=O) groups excluding carboxylic acids is 2. The quantitative estimate of drug-likeness (QED) is 0.554. The van der Waals surface area contributed by atoms with E-state index in [1.165, 1.54) is 30.4 Å². The number of anilines is 1. The number of fused-ring (bicyclic) bond motifs is 1. The molecule has 1 aromatic carbocycles. The van der Waals surface area contributed by atoms with Gasteiger partial charge in [0, 0.05) is 24.7 Å². The highest BCUT2D eigenvalue weighted by Gasteiger charge is 2.25. The average molecular weight is 375 g/mol. The third-order valence-electron chi connectivity index (χ3n) is 4.57. The van der Waals surface area contributed by atoms with Gasteiger partial charge in [-0.2, -0.15) is 0 Å². The topological polar surface area (TPSA) is 116 Å². The number of rotatable bonds is 1. The first-order valence-corrected chi connectivity index (χ1v) is 8.75. The van der Waals surface area contributed by atoms with E-state index in [0.717, 1.165) is 0 Å². The van der Waals surface area contributed by atoms with E-state index in [4.69, 9.17) is 4.74 Å². The summed E-state index contributed by atoms with van der Waals surface area (Å²) in [6, 6.07) is 3.07. The number of ether oxygens (including phenoxy) is 1. The molecule has 1 aliphatic heterocycles. The maximum atomic E-state index is 12.6. The highest BCUT2D eigenvalue weighted by Crippen LogP contribution is 2.29. The fourth-order valence-electron chi connectivity index (χ4n) is 2.64. The Morgan fingerprint density at radius 3 is 2.52 bits per heavy atom. The Kier molecular flexibility index (Phi) is 6.76. The van der Waals surface area contributed by atoms with Crippen molar-refractivity contribution < 1.29 is 29.6 Å². The molecule has 7 heteroatoms. The Hall–Kier alpha value is -2.64. The molecule has 4 atom stereocenters. The van der Waals surface area contributed by atoms with Crippen molar-refractivity contribution in [1.82, 2.24) is 0 Å². The summed E-state index contributed by atoms with van der Waals surface area (Å²) in [5.41, 5.74) is 0.992. The van der Waals surface area contributed by atoms with Gasteiger partial charge in [0.2, 0.25) is 0 Å². The van der Waals surface area contributed by atoms with E-state index in [2.05, 4.69) is 5.32 Å². The summed E-state index contributed by atoms with van der Waals surface area (Å²) in [6.45, 7) is 3.42. The van der Waals surface area contributed by atoms with Gasteiger partial charge in [0.25, 0.3) is 0 Å². The Labute approximate surface area is 158 Å². The Morgan fingerprint density at radius 2 is 1.85 bits per heavy atom. The third kappa shape index (κ3) is 4.96. The predicted molar refractivity (Wildman–Crippen MR) is 102 cm³/mol. The molecule has 7 nitrogen and oxygen atoms in total. The molecule has 27 heavy (non-hydrogen) atoms.